The van der Waals surface area contributed by atoms with Crippen molar-refractivity contribution in [1.29, 1.82) is 0 Å². The van der Waals surface area contributed by atoms with E-state index in [1.807, 2.05) is 0 Å². The third kappa shape index (κ3) is 7.50. The van der Waals surface area contributed by atoms with Crippen LogP contribution in [0.15, 0.2) is 89.6 Å². The van der Waals surface area contributed by atoms with Crippen LogP contribution in [0.1, 0.15) is 77.9 Å². The molecule has 0 saturated carbocycles. The quantitative estimate of drug-likeness (QED) is 0.167. The summed E-state index contributed by atoms with van der Waals surface area (Å²) in [5.41, 5.74) is 18.3. The molecule has 0 aliphatic heterocycles. The van der Waals surface area contributed by atoms with E-state index in [0.717, 1.165) is 111 Å². The number of hydrogen-bond donors (Lipinski definition) is 0. The zero-order valence-corrected chi connectivity index (χ0v) is 36.8. The Balaban J connectivity index is 1.28. The number of hydrogen-bond acceptors (Lipinski definition) is 6. The van der Waals surface area contributed by atoms with Crippen molar-refractivity contribution in [3.63, 3.8) is 0 Å². The summed E-state index contributed by atoms with van der Waals surface area (Å²) in [5.74, 6) is 1.48. The average Bonchev–Trinajstić information content (AvgIpc) is 3.37. The van der Waals surface area contributed by atoms with Gasteiger partial charge in [0.05, 0.1) is 0 Å². The van der Waals surface area contributed by atoms with E-state index in [1.165, 1.54) is 22.3 Å². The maximum atomic E-state index is 6.93. The van der Waals surface area contributed by atoms with E-state index in [1.54, 1.807) is 0 Å². The Hall–Kier alpha value is -5.28. The van der Waals surface area contributed by atoms with Gasteiger partial charge in [-0.05, 0) is 163 Å². The van der Waals surface area contributed by atoms with Gasteiger partial charge in [-0.2, -0.15) is 0 Å². The van der Waals surface area contributed by atoms with Gasteiger partial charge in [-0.25, -0.2) is 0 Å². The Kier molecular flexibility index (Phi) is 10.1. The van der Waals surface area contributed by atoms with Crippen LogP contribution in [-0.2, 0) is 6.42 Å². The molecular weight excluding hydrogens is 746 g/mol. The van der Waals surface area contributed by atoms with Crippen molar-refractivity contribution in [1.82, 2.24) is 0 Å². The van der Waals surface area contributed by atoms with E-state index in [4.69, 9.17) is 25.8 Å². The summed E-state index contributed by atoms with van der Waals surface area (Å²) in [7, 11) is -3.76. The summed E-state index contributed by atoms with van der Waals surface area (Å²) in [4.78, 5) is 0. The van der Waals surface area contributed by atoms with Crippen LogP contribution in [0.5, 0.6) is 11.5 Å². The van der Waals surface area contributed by atoms with Crippen molar-refractivity contribution in [3.05, 3.63) is 151 Å². The van der Waals surface area contributed by atoms with Crippen LogP contribution in [-0.4, -0.2) is 0 Å². The van der Waals surface area contributed by atoms with Crippen molar-refractivity contribution in [2.75, 3.05) is 0 Å². The summed E-state index contributed by atoms with van der Waals surface area (Å²) in [6.45, 7) is 25.2. The molecule has 0 aliphatic carbocycles. The zero-order chi connectivity index (χ0) is 40.4. The molecule has 8 rings (SSSR count). The van der Waals surface area contributed by atoms with E-state index in [2.05, 4.69) is 156 Å². The fraction of sp³-hybridized carbons (Fsp3) is 0.265. The summed E-state index contributed by atoms with van der Waals surface area (Å²) in [5, 5.41) is 4.08. The molecule has 0 spiro atoms. The molecular formula is C49H50O6P2. The lowest BCUT2D eigenvalue weighted by Crippen LogP contribution is -2.00. The van der Waals surface area contributed by atoms with Crippen LogP contribution in [0.4, 0.5) is 0 Å². The highest BCUT2D eigenvalue weighted by atomic mass is 31.1. The second-order valence-corrected chi connectivity index (χ2v) is 18.1. The van der Waals surface area contributed by atoms with Gasteiger partial charge in [0, 0.05) is 39.1 Å². The second-order valence-electron chi connectivity index (χ2n) is 16.1. The van der Waals surface area contributed by atoms with E-state index >= 15 is 0 Å². The average molecular weight is 797 g/mol. The summed E-state index contributed by atoms with van der Waals surface area (Å²) in [6, 6.07) is 26.0. The Bertz CT molecular complexity index is 2680. The smallest absolute Gasteiger partial charge is 0.390 e. The molecule has 0 aliphatic rings. The van der Waals surface area contributed by atoms with Crippen molar-refractivity contribution in [2.45, 2.75) is 89.5 Å². The molecule has 0 N–H and O–H groups in total. The molecule has 0 amide bonds. The number of aryl methyl sites for hydroxylation is 12. The SMILES string of the molecule is Cc1cc(C)c(Op2oc3c(C)cc(C)cc3c3cc(C)cc(C)c3o2)c(Cc2cc(C)cc(C)c2Op2oc3c(C)cc(C)cc3c3cc(C)cc(C)c3o2)c1. The molecule has 0 atom stereocenters. The maximum Gasteiger partial charge on any atom is 0.453 e. The van der Waals surface area contributed by atoms with E-state index in [9.17, 15) is 0 Å². The lowest BCUT2D eigenvalue weighted by Gasteiger charge is -2.17. The Morgan fingerprint density at radius 2 is 0.579 bits per heavy atom. The molecule has 0 saturated heterocycles. The highest BCUT2D eigenvalue weighted by Gasteiger charge is 2.21. The van der Waals surface area contributed by atoms with Crippen LogP contribution >= 0.6 is 16.5 Å². The minimum atomic E-state index is -1.88. The van der Waals surface area contributed by atoms with Gasteiger partial charge in [-0.3, -0.25) is 0 Å². The van der Waals surface area contributed by atoms with Gasteiger partial charge < -0.3 is 25.8 Å². The Morgan fingerprint density at radius 3 is 0.860 bits per heavy atom. The van der Waals surface area contributed by atoms with Crippen LogP contribution in [0.25, 0.3) is 43.9 Å². The predicted molar refractivity (Wildman–Crippen MR) is 237 cm³/mol. The molecule has 8 aromatic rings. The van der Waals surface area contributed by atoms with Crippen molar-refractivity contribution >= 4 is 60.4 Å². The maximum absolute atomic E-state index is 6.93. The fourth-order valence-electron chi connectivity index (χ4n) is 8.48. The highest BCUT2D eigenvalue weighted by Crippen LogP contribution is 2.45. The first kappa shape index (κ1) is 38.6. The van der Waals surface area contributed by atoms with Gasteiger partial charge in [0.25, 0.3) is 0 Å². The van der Waals surface area contributed by atoms with Crippen molar-refractivity contribution < 1.29 is 25.8 Å². The Morgan fingerprint density at radius 1 is 0.333 bits per heavy atom. The summed E-state index contributed by atoms with van der Waals surface area (Å²) in [6.07, 6.45) is 0.537. The first-order chi connectivity index (χ1) is 27.1. The van der Waals surface area contributed by atoms with Gasteiger partial charge >= 0.3 is 16.5 Å². The molecule has 0 bridgehead atoms. The molecule has 0 unspecified atom stereocenters. The molecule has 6 aromatic carbocycles. The molecule has 0 fully saturated rings. The first-order valence-electron chi connectivity index (χ1n) is 19.5. The minimum Gasteiger partial charge on any atom is -0.390 e. The zero-order valence-electron chi connectivity index (χ0n) is 35.0. The van der Waals surface area contributed by atoms with Crippen molar-refractivity contribution in [3.8, 4) is 11.5 Å². The topological polar surface area (TPSA) is 71.0 Å². The van der Waals surface area contributed by atoms with Crippen LogP contribution in [0.2, 0.25) is 0 Å². The number of fused-ring (bicyclic) bond motifs is 6. The Labute approximate surface area is 336 Å². The molecule has 57 heavy (non-hydrogen) atoms. The van der Waals surface area contributed by atoms with E-state index in [0.29, 0.717) is 6.42 Å². The van der Waals surface area contributed by atoms with E-state index < -0.39 is 16.5 Å². The lowest BCUT2D eigenvalue weighted by atomic mass is 9.96. The largest absolute Gasteiger partial charge is 0.453 e. The lowest BCUT2D eigenvalue weighted by molar-refractivity contribution is 0.488. The number of rotatable bonds is 6. The summed E-state index contributed by atoms with van der Waals surface area (Å²) >= 11 is 0. The third-order valence-electron chi connectivity index (χ3n) is 10.6. The minimum absolute atomic E-state index is 0.537. The normalized spacial score (nSPS) is 11.6. The van der Waals surface area contributed by atoms with Crippen LogP contribution < -0.4 is 9.05 Å². The monoisotopic (exact) mass is 796 g/mol. The molecule has 0 radical (unpaired) electrons. The summed E-state index contributed by atoms with van der Waals surface area (Å²) < 4.78 is 40.8. The molecule has 2 aromatic heterocycles. The fourth-order valence-corrected chi connectivity index (χ4v) is 11.1. The van der Waals surface area contributed by atoms with Crippen LogP contribution in [0, 0.1) is 83.1 Å². The highest BCUT2D eigenvalue weighted by molar-refractivity contribution is 7.32. The molecule has 292 valence electrons. The van der Waals surface area contributed by atoms with Crippen LogP contribution in [0.3, 0.4) is 0 Å². The van der Waals surface area contributed by atoms with Gasteiger partial charge in [0.1, 0.15) is 33.8 Å². The van der Waals surface area contributed by atoms with Gasteiger partial charge in [-0.15, -0.1) is 0 Å². The predicted octanol–water partition coefficient (Wildman–Crippen LogP) is 15.9. The number of benzene rings is 6. The third-order valence-corrected chi connectivity index (χ3v) is 12.6. The first-order valence-corrected chi connectivity index (χ1v) is 21.6. The van der Waals surface area contributed by atoms with Gasteiger partial charge in [0.15, 0.2) is 0 Å². The van der Waals surface area contributed by atoms with Gasteiger partial charge in [0.2, 0.25) is 0 Å². The molecule has 6 nitrogen and oxygen atoms in total. The van der Waals surface area contributed by atoms with Crippen molar-refractivity contribution in [2.24, 2.45) is 0 Å². The second kappa shape index (κ2) is 14.9. The van der Waals surface area contributed by atoms with Gasteiger partial charge in [-0.1, -0.05) is 59.7 Å². The molecule has 2 heterocycles. The van der Waals surface area contributed by atoms with E-state index in [-0.39, 0.29) is 0 Å². The standard InChI is InChI=1S/C49H50O6P2/c1-26-13-32(7)44(50-56-52-46-34(9)15-28(3)21-40(46)41-22-29(4)16-35(10)47(41)53-56)38(19-26)25-39-20-27(2)14-33(8)45(39)51-57-54-48-36(11)17-30(5)23-42(48)43-24-31(6)18-37(12)49(43)55-57/h13-24H,25H2,1-12H3. The molecule has 8 heteroatoms.